The van der Waals surface area contributed by atoms with Crippen molar-refractivity contribution >= 4 is 5.97 Å². The van der Waals surface area contributed by atoms with Crippen LogP contribution >= 0.6 is 0 Å². The normalized spacial score (nSPS) is 14.0. The first kappa shape index (κ1) is 13.5. The zero-order valence-electron chi connectivity index (χ0n) is 11.7. The summed E-state index contributed by atoms with van der Waals surface area (Å²) in [5.41, 5.74) is 1.02. The lowest BCUT2D eigenvalue weighted by molar-refractivity contribution is 0.0690. The lowest BCUT2D eigenvalue weighted by Crippen LogP contribution is -2.08. The zero-order valence-corrected chi connectivity index (χ0v) is 11.7. The van der Waals surface area contributed by atoms with Crippen LogP contribution in [0.2, 0.25) is 0 Å². The van der Waals surface area contributed by atoms with Crippen LogP contribution in [0, 0.1) is 0 Å². The molecule has 1 fully saturated rings. The summed E-state index contributed by atoms with van der Waals surface area (Å²) in [4.78, 5) is 15.4. The number of aromatic carboxylic acids is 1. The highest BCUT2D eigenvalue weighted by atomic mass is 16.5. The third kappa shape index (κ3) is 2.69. The van der Waals surface area contributed by atoms with Crippen molar-refractivity contribution in [2.75, 3.05) is 7.11 Å². The molecule has 3 rings (SSSR count). The van der Waals surface area contributed by atoms with Crippen LogP contribution in [0.25, 0.3) is 0 Å². The molecule has 1 aliphatic rings. The second kappa shape index (κ2) is 5.47. The first-order chi connectivity index (χ1) is 10.2. The van der Waals surface area contributed by atoms with Crippen LogP contribution < -0.4 is 9.47 Å². The second-order valence-corrected chi connectivity index (χ2v) is 4.95. The molecule has 2 aromatic rings. The maximum absolute atomic E-state index is 11.3. The van der Waals surface area contributed by atoms with E-state index in [1.165, 1.54) is 13.2 Å². The van der Waals surface area contributed by atoms with E-state index < -0.39 is 5.97 Å². The number of hydrogen-bond donors (Lipinski definition) is 1. The predicted octanol–water partition coefficient (Wildman–Crippen LogP) is 2.50. The van der Waals surface area contributed by atoms with Gasteiger partial charge in [-0.3, -0.25) is 0 Å². The topological polar surface area (TPSA) is 73.6 Å². The van der Waals surface area contributed by atoms with Crippen molar-refractivity contribution < 1.29 is 19.4 Å². The minimum Gasteiger partial charge on any atom is -0.493 e. The summed E-state index contributed by atoms with van der Waals surface area (Å²) in [7, 11) is 1.49. The fourth-order valence-electron chi connectivity index (χ4n) is 2.27. The zero-order chi connectivity index (χ0) is 14.8. The van der Waals surface area contributed by atoms with Gasteiger partial charge in [-0.05, 0) is 25.0 Å². The Morgan fingerprint density at radius 3 is 2.95 bits per heavy atom. The van der Waals surface area contributed by atoms with E-state index in [-0.39, 0.29) is 17.9 Å². The van der Waals surface area contributed by atoms with Crippen molar-refractivity contribution in [3.05, 3.63) is 42.0 Å². The molecule has 110 valence electrons. The van der Waals surface area contributed by atoms with Crippen LogP contribution in [0.15, 0.2) is 30.7 Å². The molecule has 0 bridgehead atoms. The van der Waals surface area contributed by atoms with Crippen molar-refractivity contribution in [2.45, 2.75) is 25.5 Å². The molecular weight excluding hydrogens is 272 g/mol. The Morgan fingerprint density at radius 2 is 2.29 bits per heavy atom. The molecule has 1 aromatic heterocycles. The van der Waals surface area contributed by atoms with Crippen molar-refractivity contribution in [2.24, 2.45) is 0 Å². The number of hydrogen-bond acceptors (Lipinski definition) is 4. The van der Waals surface area contributed by atoms with Gasteiger partial charge in [0.1, 0.15) is 12.2 Å². The third-order valence-corrected chi connectivity index (χ3v) is 3.48. The van der Waals surface area contributed by atoms with Gasteiger partial charge in [0, 0.05) is 6.04 Å². The van der Waals surface area contributed by atoms with E-state index in [4.69, 9.17) is 9.47 Å². The number of imidazole rings is 1. The largest absolute Gasteiger partial charge is 0.493 e. The predicted molar refractivity (Wildman–Crippen MR) is 74.8 cm³/mol. The number of methoxy groups -OCH3 is 1. The van der Waals surface area contributed by atoms with Crippen molar-refractivity contribution in [3.63, 3.8) is 0 Å². The lowest BCUT2D eigenvalue weighted by atomic mass is 10.2. The Hall–Kier alpha value is -2.50. The fourth-order valence-corrected chi connectivity index (χ4v) is 2.27. The van der Waals surface area contributed by atoms with Gasteiger partial charge in [-0.15, -0.1) is 0 Å². The van der Waals surface area contributed by atoms with Crippen molar-refractivity contribution in [1.82, 2.24) is 9.55 Å². The van der Waals surface area contributed by atoms with Crippen molar-refractivity contribution in [1.29, 1.82) is 0 Å². The molecule has 0 saturated heterocycles. The van der Waals surface area contributed by atoms with Crippen molar-refractivity contribution in [3.8, 4) is 11.5 Å². The van der Waals surface area contributed by atoms with E-state index in [2.05, 4.69) is 9.55 Å². The van der Waals surface area contributed by atoms with Crippen LogP contribution in [0.1, 0.15) is 34.9 Å². The van der Waals surface area contributed by atoms with Crippen LogP contribution in [0.5, 0.6) is 11.5 Å². The summed E-state index contributed by atoms with van der Waals surface area (Å²) < 4.78 is 13.0. The Morgan fingerprint density at radius 1 is 1.48 bits per heavy atom. The lowest BCUT2D eigenvalue weighted by Gasteiger charge is -2.14. The quantitative estimate of drug-likeness (QED) is 0.884. The molecule has 21 heavy (non-hydrogen) atoms. The minimum absolute atomic E-state index is 0.0897. The van der Waals surface area contributed by atoms with Crippen LogP contribution in [0.3, 0.4) is 0 Å². The molecule has 0 amide bonds. The molecule has 1 aliphatic carbocycles. The summed E-state index contributed by atoms with van der Waals surface area (Å²) in [5, 5.41) is 9.24. The Balaban J connectivity index is 1.83. The third-order valence-electron chi connectivity index (χ3n) is 3.48. The van der Waals surface area contributed by atoms with Gasteiger partial charge < -0.3 is 19.1 Å². The van der Waals surface area contributed by atoms with Crippen LogP contribution in [0.4, 0.5) is 0 Å². The maximum atomic E-state index is 11.3. The molecule has 1 aromatic carbocycles. The number of nitrogens with zero attached hydrogens (tertiary/aromatic N) is 2. The van der Waals surface area contributed by atoms with Gasteiger partial charge in [-0.2, -0.15) is 0 Å². The summed E-state index contributed by atoms with van der Waals surface area (Å²) in [6.45, 7) is 0.261. The molecule has 0 unspecified atom stereocenters. The molecule has 6 nitrogen and oxygen atoms in total. The fraction of sp³-hybridized carbons (Fsp3) is 0.333. The van der Waals surface area contributed by atoms with E-state index in [0.717, 1.165) is 18.5 Å². The van der Waals surface area contributed by atoms with Gasteiger partial charge in [0.25, 0.3) is 0 Å². The Bertz CT molecular complexity index is 661. The number of benzene rings is 1. The van der Waals surface area contributed by atoms with Crippen LogP contribution in [-0.2, 0) is 6.61 Å². The summed E-state index contributed by atoms with van der Waals surface area (Å²) in [6.07, 6.45) is 5.83. The number of carboxylic acids is 1. The number of carboxylic acid groups (broad SMARTS) is 1. The molecule has 0 atom stereocenters. The Kier molecular flexibility index (Phi) is 3.51. The minimum atomic E-state index is -1.04. The first-order valence-electron chi connectivity index (χ1n) is 6.74. The summed E-state index contributed by atoms with van der Waals surface area (Å²) in [5.74, 6) is -0.386. The van der Waals surface area contributed by atoms with E-state index in [1.54, 1.807) is 24.7 Å². The van der Waals surface area contributed by atoms with E-state index in [0.29, 0.717) is 11.8 Å². The monoisotopic (exact) mass is 288 g/mol. The number of para-hydroxylation sites is 1. The average molecular weight is 288 g/mol. The summed E-state index contributed by atoms with van der Waals surface area (Å²) in [6, 6.07) is 5.31. The molecule has 6 heteroatoms. The van der Waals surface area contributed by atoms with Gasteiger partial charge >= 0.3 is 5.97 Å². The number of rotatable bonds is 6. The van der Waals surface area contributed by atoms with Gasteiger partial charge in [-0.1, -0.05) is 6.07 Å². The molecule has 0 radical (unpaired) electrons. The first-order valence-corrected chi connectivity index (χ1v) is 6.74. The highest BCUT2D eigenvalue weighted by Crippen LogP contribution is 2.36. The van der Waals surface area contributed by atoms with E-state index in [9.17, 15) is 9.90 Å². The molecule has 1 heterocycles. The van der Waals surface area contributed by atoms with Crippen LogP contribution in [-0.4, -0.2) is 27.7 Å². The highest BCUT2D eigenvalue weighted by Gasteiger charge is 2.25. The maximum Gasteiger partial charge on any atom is 0.339 e. The average Bonchev–Trinajstić information content (AvgIpc) is 3.23. The van der Waals surface area contributed by atoms with Gasteiger partial charge in [-0.25, -0.2) is 9.78 Å². The standard InChI is InChI=1S/C15H16N2O4/c1-20-13-4-2-3-12(15(18)19)14(13)21-8-11-7-16-9-17(11)10-5-6-10/h2-4,7,9-10H,5-6,8H2,1H3,(H,18,19). The molecule has 0 aliphatic heterocycles. The molecule has 1 N–H and O–H groups in total. The second-order valence-electron chi connectivity index (χ2n) is 4.95. The number of carbonyl (C=O) groups is 1. The SMILES string of the molecule is COc1cccc(C(=O)O)c1OCc1cncn1C1CC1. The Labute approximate surface area is 121 Å². The number of aromatic nitrogens is 2. The molecule has 0 spiro atoms. The highest BCUT2D eigenvalue weighted by molar-refractivity contribution is 5.92. The molecule has 1 saturated carbocycles. The smallest absolute Gasteiger partial charge is 0.339 e. The summed E-state index contributed by atoms with van der Waals surface area (Å²) >= 11 is 0. The van der Waals surface area contributed by atoms with Gasteiger partial charge in [0.05, 0.1) is 25.3 Å². The van der Waals surface area contributed by atoms with Gasteiger partial charge in [0.2, 0.25) is 0 Å². The van der Waals surface area contributed by atoms with Gasteiger partial charge in [0.15, 0.2) is 11.5 Å². The molecular formula is C15H16N2O4. The van der Waals surface area contributed by atoms with E-state index in [1.807, 2.05) is 0 Å². The van der Waals surface area contributed by atoms with E-state index >= 15 is 0 Å². The number of ether oxygens (including phenoxy) is 2.